The van der Waals surface area contributed by atoms with Crippen LogP contribution in [-0.4, -0.2) is 7.05 Å². The van der Waals surface area contributed by atoms with Crippen LogP contribution in [0.3, 0.4) is 0 Å². The molecule has 1 nitrogen and oxygen atoms in total. The van der Waals surface area contributed by atoms with E-state index in [1.807, 2.05) is 7.05 Å². The third kappa shape index (κ3) is 2.55. The molecule has 0 aliphatic rings. The van der Waals surface area contributed by atoms with Gasteiger partial charge in [-0.1, -0.05) is 35.0 Å². The molecule has 0 heterocycles. The molecule has 0 aliphatic carbocycles. The molecule has 0 radical (unpaired) electrons. The fraction of sp³-hybridized carbons (Fsp3) is 0.455. The van der Waals surface area contributed by atoms with Crippen LogP contribution in [0.15, 0.2) is 22.7 Å². The standard InChI is InChI=1S/C11H16BrN/c1-4-11(13-3)9-6-5-8(2)10(12)7-9/h5-7,11,13H,4H2,1-3H3. The molecule has 1 aromatic rings. The molecule has 1 N–H and O–H groups in total. The van der Waals surface area contributed by atoms with Crippen LogP contribution in [0.25, 0.3) is 0 Å². The zero-order valence-electron chi connectivity index (χ0n) is 8.39. The SMILES string of the molecule is CCC(NC)c1ccc(C)c(Br)c1. The van der Waals surface area contributed by atoms with Gasteiger partial charge in [-0.3, -0.25) is 0 Å². The maximum absolute atomic E-state index is 3.54. The lowest BCUT2D eigenvalue weighted by molar-refractivity contribution is 0.576. The predicted molar refractivity (Wildman–Crippen MR) is 61.0 cm³/mol. The second-order valence-electron chi connectivity index (χ2n) is 3.26. The van der Waals surface area contributed by atoms with Gasteiger partial charge in [0.05, 0.1) is 0 Å². The third-order valence-electron chi connectivity index (χ3n) is 2.35. The van der Waals surface area contributed by atoms with E-state index in [0.717, 1.165) is 6.42 Å². The summed E-state index contributed by atoms with van der Waals surface area (Å²) in [6, 6.07) is 7.00. The summed E-state index contributed by atoms with van der Waals surface area (Å²) in [6.45, 7) is 4.29. The molecule has 1 rings (SSSR count). The molecular weight excluding hydrogens is 226 g/mol. The minimum atomic E-state index is 0.469. The predicted octanol–water partition coefficient (Wildman–Crippen LogP) is 3.43. The van der Waals surface area contributed by atoms with Crippen molar-refractivity contribution in [2.75, 3.05) is 7.05 Å². The highest BCUT2D eigenvalue weighted by Crippen LogP contribution is 2.23. The Hall–Kier alpha value is -0.340. The Morgan fingerprint density at radius 3 is 2.62 bits per heavy atom. The lowest BCUT2D eigenvalue weighted by atomic mass is 10.0. The van der Waals surface area contributed by atoms with E-state index in [4.69, 9.17) is 0 Å². The summed E-state index contributed by atoms with van der Waals surface area (Å²) >= 11 is 3.54. The van der Waals surface area contributed by atoms with E-state index in [-0.39, 0.29) is 0 Å². The van der Waals surface area contributed by atoms with E-state index >= 15 is 0 Å². The van der Waals surface area contributed by atoms with Gasteiger partial charge in [-0.15, -0.1) is 0 Å². The van der Waals surface area contributed by atoms with E-state index in [1.54, 1.807) is 0 Å². The van der Waals surface area contributed by atoms with Gasteiger partial charge in [0.1, 0.15) is 0 Å². The molecule has 2 heteroatoms. The Balaban J connectivity index is 2.95. The van der Waals surface area contributed by atoms with Crippen LogP contribution in [0.4, 0.5) is 0 Å². The van der Waals surface area contributed by atoms with E-state index in [2.05, 4.69) is 53.3 Å². The van der Waals surface area contributed by atoms with Gasteiger partial charge in [-0.05, 0) is 37.6 Å². The average Bonchev–Trinajstić information content (AvgIpc) is 2.13. The van der Waals surface area contributed by atoms with Gasteiger partial charge in [0, 0.05) is 10.5 Å². The van der Waals surface area contributed by atoms with Crippen LogP contribution < -0.4 is 5.32 Å². The number of nitrogens with one attached hydrogen (secondary N) is 1. The van der Waals surface area contributed by atoms with E-state index in [1.165, 1.54) is 15.6 Å². The Morgan fingerprint density at radius 1 is 1.46 bits per heavy atom. The first-order valence-corrected chi connectivity index (χ1v) is 5.41. The Kier molecular flexibility index (Phi) is 3.94. The summed E-state index contributed by atoms with van der Waals surface area (Å²) in [5.41, 5.74) is 2.64. The van der Waals surface area contributed by atoms with Crippen molar-refractivity contribution in [1.29, 1.82) is 0 Å². The fourth-order valence-electron chi connectivity index (χ4n) is 1.43. The molecule has 0 bridgehead atoms. The van der Waals surface area contributed by atoms with Gasteiger partial charge in [0.15, 0.2) is 0 Å². The van der Waals surface area contributed by atoms with Gasteiger partial charge in [0.25, 0.3) is 0 Å². The minimum Gasteiger partial charge on any atom is -0.313 e. The monoisotopic (exact) mass is 241 g/mol. The van der Waals surface area contributed by atoms with Gasteiger partial charge in [-0.25, -0.2) is 0 Å². The molecule has 0 saturated carbocycles. The molecule has 0 aliphatic heterocycles. The molecule has 0 fully saturated rings. The topological polar surface area (TPSA) is 12.0 Å². The molecule has 0 amide bonds. The Bertz CT molecular complexity index is 279. The Morgan fingerprint density at radius 2 is 2.15 bits per heavy atom. The number of hydrogen-bond acceptors (Lipinski definition) is 1. The number of rotatable bonds is 3. The van der Waals surface area contributed by atoms with E-state index < -0.39 is 0 Å². The number of hydrogen-bond donors (Lipinski definition) is 1. The zero-order valence-corrected chi connectivity index (χ0v) is 9.98. The minimum absolute atomic E-state index is 0.469. The van der Waals surface area contributed by atoms with Crippen LogP contribution in [-0.2, 0) is 0 Å². The third-order valence-corrected chi connectivity index (χ3v) is 3.21. The van der Waals surface area contributed by atoms with Gasteiger partial charge >= 0.3 is 0 Å². The lowest BCUT2D eigenvalue weighted by Crippen LogP contribution is -2.15. The number of benzene rings is 1. The average molecular weight is 242 g/mol. The second-order valence-corrected chi connectivity index (χ2v) is 4.11. The van der Waals surface area contributed by atoms with Crippen LogP contribution >= 0.6 is 15.9 Å². The van der Waals surface area contributed by atoms with Crippen molar-refractivity contribution in [3.05, 3.63) is 33.8 Å². The molecule has 0 saturated heterocycles. The molecule has 1 aromatic carbocycles. The molecule has 0 spiro atoms. The Labute approximate surface area is 88.7 Å². The van der Waals surface area contributed by atoms with Crippen LogP contribution in [0.2, 0.25) is 0 Å². The first-order valence-electron chi connectivity index (χ1n) is 4.62. The molecule has 0 aromatic heterocycles. The first kappa shape index (κ1) is 10.7. The van der Waals surface area contributed by atoms with Crippen molar-refractivity contribution in [3.63, 3.8) is 0 Å². The van der Waals surface area contributed by atoms with Crippen LogP contribution in [0, 0.1) is 6.92 Å². The lowest BCUT2D eigenvalue weighted by Gasteiger charge is -2.15. The van der Waals surface area contributed by atoms with Crippen molar-refractivity contribution in [2.45, 2.75) is 26.3 Å². The highest BCUT2D eigenvalue weighted by molar-refractivity contribution is 9.10. The molecule has 72 valence electrons. The summed E-state index contributed by atoms with van der Waals surface area (Å²) < 4.78 is 1.19. The van der Waals surface area contributed by atoms with Crippen LogP contribution in [0.5, 0.6) is 0 Å². The highest BCUT2D eigenvalue weighted by atomic mass is 79.9. The molecule has 13 heavy (non-hydrogen) atoms. The zero-order chi connectivity index (χ0) is 9.84. The largest absolute Gasteiger partial charge is 0.313 e. The van der Waals surface area contributed by atoms with Crippen molar-refractivity contribution in [2.24, 2.45) is 0 Å². The van der Waals surface area contributed by atoms with E-state index in [0.29, 0.717) is 6.04 Å². The summed E-state index contributed by atoms with van der Waals surface area (Å²) in [7, 11) is 2.00. The highest BCUT2D eigenvalue weighted by Gasteiger charge is 2.06. The van der Waals surface area contributed by atoms with Crippen LogP contribution in [0.1, 0.15) is 30.5 Å². The summed E-state index contributed by atoms with van der Waals surface area (Å²) in [6.07, 6.45) is 1.12. The maximum Gasteiger partial charge on any atom is 0.0315 e. The van der Waals surface area contributed by atoms with Gasteiger partial charge < -0.3 is 5.32 Å². The fourth-order valence-corrected chi connectivity index (χ4v) is 1.83. The molecular formula is C11H16BrN. The van der Waals surface area contributed by atoms with Crippen molar-refractivity contribution >= 4 is 15.9 Å². The first-order chi connectivity index (χ1) is 6.19. The summed E-state index contributed by atoms with van der Waals surface area (Å²) in [4.78, 5) is 0. The van der Waals surface area contributed by atoms with Crippen molar-refractivity contribution in [3.8, 4) is 0 Å². The molecule has 1 unspecified atom stereocenters. The summed E-state index contributed by atoms with van der Waals surface area (Å²) in [5.74, 6) is 0. The normalized spacial score (nSPS) is 12.9. The maximum atomic E-state index is 3.54. The van der Waals surface area contributed by atoms with Gasteiger partial charge in [0.2, 0.25) is 0 Å². The van der Waals surface area contributed by atoms with Gasteiger partial charge in [-0.2, -0.15) is 0 Å². The second kappa shape index (κ2) is 4.77. The number of halogens is 1. The number of aryl methyl sites for hydroxylation is 1. The molecule has 1 atom stereocenters. The van der Waals surface area contributed by atoms with Crippen molar-refractivity contribution in [1.82, 2.24) is 5.32 Å². The smallest absolute Gasteiger partial charge is 0.0315 e. The van der Waals surface area contributed by atoms with Crippen molar-refractivity contribution < 1.29 is 0 Å². The van der Waals surface area contributed by atoms with E-state index in [9.17, 15) is 0 Å². The summed E-state index contributed by atoms with van der Waals surface area (Å²) in [5, 5.41) is 3.29. The quantitative estimate of drug-likeness (QED) is 0.856.